The van der Waals surface area contributed by atoms with Gasteiger partial charge in [-0.3, -0.25) is 9.59 Å². The fourth-order valence-corrected chi connectivity index (χ4v) is 3.55. The van der Waals surface area contributed by atoms with Gasteiger partial charge in [0.2, 0.25) is 5.91 Å². The smallest absolute Gasteiger partial charge is 0.253 e. The van der Waals surface area contributed by atoms with Crippen molar-refractivity contribution in [3.63, 3.8) is 0 Å². The molecule has 2 aromatic carbocycles. The van der Waals surface area contributed by atoms with Gasteiger partial charge >= 0.3 is 0 Å². The molecule has 1 N–H and O–H groups in total. The summed E-state index contributed by atoms with van der Waals surface area (Å²) in [5, 5.41) is 3.49. The zero-order valence-corrected chi connectivity index (χ0v) is 16.4. The summed E-state index contributed by atoms with van der Waals surface area (Å²) in [5.74, 6) is 0.206. The molecular formula is C22H24ClFN2O2. The Kier molecular flexibility index (Phi) is 7.04. The molecular weight excluding hydrogens is 379 g/mol. The number of likely N-dealkylation sites (tertiary alicyclic amines) is 1. The summed E-state index contributed by atoms with van der Waals surface area (Å²) < 4.78 is 12.9. The number of carbonyl (C=O) groups excluding carboxylic acids is 2. The van der Waals surface area contributed by atoms with E-state index in [1.807, 2.05) is 4.90 Å². The molecule has 0 aromatic heterocycles. The van der Waals surface area contributed by atoms with Crippen molar-refractivity contribution in [1.82, 2.24) is 10.2 Å². The lowest BCUT2D eigenvalue weighted by atomic mass is 9.91. The Morgan fingerprint density at radius 1 is 1.04 bits per heavy atom. The first-order valence-corrected chi connectivity index (χ1v) is 9.95. The highest BCUT2D eigenvalue weighted by atomic mass is 35.5. The normalized spacial score (nSPS) is 14.7. The molecule has 0 spiro atoms. The molecule has 1 fully saturated rings. The molecule has 0 radical (unpaired) electrons. The number of hydrogen-bond acceptors (Lipinski definition) is 2. The quantitative estimate of drug-likeness (QED) is 0.777. The van der Waals surface area contributed by atoms with E-state index in [-0.39, 0.29) is 17.6 Å². The third-order valence-corrected chi connectivity index (χ3v) is 5.43. The summed E-state index contributed by atoms with van der Waals surface area (Å²) in [6.07, 6.45) is 3.10. The zero-order valence-electron chi connectivity index (χ0n) is 15.7. The molecule has 1 saturated heterocycles. The zero-order chi connectivity index (χ0) is 19.9. The van der Waals surface area contributed by atoms with Crippen molar-refractivity contribution in [2.75, 3.05) is 13.1 Å². The number of hydrogen-bond donors (Lipinski definition) is 1. The minimum absolute atomic E-state index is 0.00370. The highest BCUT2D eigenvalue weighted by Crippen LogP contribution is 2.23. The molecule has 148 valence electrons. The van der Waals surface area contributed by atoms with Gasteiger partial charge in [0.15, 0.2) is 0 Å². The van der Waals surface area contributed by atoms with E-state index in [9.17, 15) is 14.0 Å². The standard InChI is InChI=1S/C22H24ClFN2O2/c23-19-6-4-18(5-7-19)22(28)26-13-11-16(12-14-26)3-10-21(27)25-15-17-1-8-20(24)9-2-17/h1-2,4-9,16H,3,10-15H2,(H,25,27). The number of nitrogens with zero attached hydrogens (tertiary/aromatic N) is 1. The summed E-state index contributed by atoms with van der Waals surface area (Å²) in [6, 6.07) is 13.1. The number of piperidine rings is 1. The van der Waals surface area contributed by atoms with E-state index < -0.39 is 0 Å². The van der Waals surface area contributed by atoms with Gasteiger partial charge in [0.25, 0.3) is 5.91 Å². The summed E-state index contributed by atoms with van der Waals surface area (Å²) in [7, 11) is 0. The van der Waals surface area contributed by atoms with Crippen molar-refractivity contribution >= 4 is 23.4 Å². The van der Waals surface area contributed by atoms with E-state index in [0.29, 0.717) is 42.6 Å². The molecule has 0 aliphatic carbocycles. The third-order valence-electron chi connectivity index (χ3n) is 5.18. The summed E-state index contributed by atoms with van der Waals surface area (Å²) in [4.78, 5) is 26.4. The van der Waals surface area contributed by atoms with Crippen molar-refractivity contribution in [1.29, 1.82) is 0 Å². The maximum Gasteiger partial charge on any atom is 0.253 e. The highest BCUT2D eigenvalue weighted by molar-refractivity contribution is 6.30. The Balaban J connectivity index is 1.37. The SMILES string of the molecule is O=C(CCC1CCN(C(=O)c2ccc(Cl)cc2)CC1)NCc1ccc(F)cc1. The number of carbonyl (C=O) groups is 2. The largest absolute Gasteiger partial charge is 0.352 e. The molecule has 0 unspecified atom stereocenters. The first-order chi connectivity index (χ1) is 13.5. The van der Waals surface area contributed by atoms with Crippen LogP contribution in [0.2, 0.25) is 5.02 Å². The Labute approximate surface area is 169 Å². The average Bonchev–Trinajstić information content (AvgIpc) is 2.72. The van der Waals surface area contributed by atoms with Crippen LogP contribution in [0.3, 0.4) is 0 Å². The molecule has 3 rings (SSSR count). The molecule has 1 aliphatic rings. The predicted octanol–water partition coefficient (Wildman–Crippen LogP) is 4.43. The van der Waals surface area contributed by atoms with Gasteiger partial charge in [-0.1, -0.05) is 23.7 Å². The lowest BCUT2D eigenvalue weighted by Crippen LogP contribution is -2.38. The predicted molar refractivity (Wildman–Crippen MR) is 108 cm³/mol. The van der Waals surface area contributed by atoms with E-state index in [1.54, 1.807) is 36.4 Å². The first-order valence-electron chi connectivity index (χ1n) is 9.57. The fourth-order valence-electron chi connectivity index (χ4n) is 3.43. The van der Waals surface area contributed by atoms with Crippen LogP contribution < -0.4 is 5.32 Å². The van der Waals surface area contributed by atoms with E-state index >= 15 is 0 Å². The van der Waals surface area contributed by atoms with Crippen molar-refractivity contribution in [3.05, 3.63) is 70.5 Å². The summed E-state index contributed by atoms with van der Waals surface area (Å²) in [6.45, 7) is 1.83. The van der Waals surface area contributed by atoms with Crippen molar-refractivity contribution in [3.8, 4) is 0 Å². The van der Waals surface area contributed by atoms with Gasteiger partial charge in [0.05, 0.1) is 0 Å². The number of nitrogens with one attached hydrogen (secondary N) is 1. The maximum absolute atomic E-state index is 12.9. The van der Waals surface area contributed by atoms with Crippen LogP contribution in [-0.4, -0.2) is 29.8 Å². The van der Waals surface area contributed by atoms with Gasteiger partial charge in [-0.25, -0.2) is 4.39 Å². The van der Waals surface area contributed by atoms with Crippen LogP contribution in [0.25, 0.3) is 0 Å². The van der Waals surface area contributed by atoms with Gasteiger partial charge in [0.1, 0.15) is 5.82 Å². The number of rotatable bonds is 6. The number of amides is 2. The van der Waals surface area contributed by atoms with E-state index in [0.717, 1.165) is 24.8 Å². The van der Waals surface area contributed by atoms with Crippen LogP contribution in [0.5, 0.6) is 0 Å². The Morgan fingerprint density at radius 2 is 1.68 bits per heavy atom. The Bertz CT molecular complexity index is 800. The molecule has 28 heavy (non-hydrogen) atoms. The molecule has 2 aromatic rings. The van der Waals surface area contributed by atoms with Crippen LogP contribution in [0, 0.1) is 11.7 Å². The maximum atomic E-state index is 12.9. The van der Waals surface area contributed by atoms with E-state index in [1.165, 1.54) is 12.1 Å². The van der Waals surface area contributed by atoms with Crippen molar-refractivity contribution < 1.29 is 14.0 Å². The van der Waals surface area contributed by atoms with Gasteiger partial charge < -0.3 is 10.2 Å². The Hall–Kier alpha value is -2.40. The molecule has 0 atom stereocenters. The summed E-state index contributed by atoms with van der Waals surface area (Å²) in [5.41, 5.74) is 1.53. The van der Waals surface area contributed by atoms with Crippen LogP contribution in [0.15, 0.2) is 48.5 Å². The summed E-state index contributed by atoms with van der Waals surface area (Å²) >= 11 is 5.87. The van der Waals surface area contributed by atoms with Crippen LogP contribution >= 0.6 is 11.6 Å². The molecule has 4 nitrogen and oxygen atoms in total. The minimum Gasteiger partial charge on any atom is -0.352 e. The first kappa shape index (κ1) is 20.3. The average molecular weight is 403 g/mol. The second-order valence-corrected chi connectivity index (χ2v) is 7.62. The second-order valence-electron chi connectivity index (χ2n) is 7.18. The van der Waals surface area contributed by atoms with Gasteiger partial charge in [-0.05, 0) is 67.1 Å². The van der Waals surface area contributed by atoms with Gasteiger partial charge in [-0.15, -0.1) is 0 Å². The molecule has 1 aliphatic heterocycles. The molecule has 2 amide bonds. The van der Waals surface area contributed by atoms with E-state index in [4.69, 9.17) is 11.6 Å². The highest BCUT2D eigenvalue weighted by Gasteiger charge is 2.24. The topological polar surface area (TPSA) is 49.4 Å². The number of halogens is 2. The Morgan fingerprint density at radius 3 is 2.32 bits per heavy atom. The van der Waals surface area contributed by atoms with E-state index in [2.05, 4.69) is 5.32 Å². The molecule has 0 bridgehead atoms. The molecule has 0 saturated carbocycles. The third kappa shape index (κ3) is 5.80. The second kappa shape index (κ2) is 9.69. The van der Waals surface area contributed by atoms with Gasteiger partial charge in [0, 0.05) is 36.6 Å². The van der Waals surface area contributed by atoms with Crippen LogP contribution in [0.1, 0.15) is 41.6 Å². The molecule has 6 heteroatoms. The van der Waals surface area contributed by atoms with Crippen molar-refractivity contribution in [2.45, 2.75) is 32.2 Å². The lowest BCUT2D eigenvalue weighted by Gasteiger charge is -2.32. The molecule has 1 heterocycles. The lowest BCUT2D eigenvalue weighted by molar-refractivity contribution is -0.121. The number of benzene rings is 2. The monoisotopic (exact) mass is 402 g/mol. The van der Waals surface area contributed by atoms with Gasteiger partial charge in [-0.2, -0.15) is 0 Å². The van der Waals surface area contributed by atoms with Crippen LogP contribution in [-0.2, 0) is 11.3 Å². The minimum atomic E-state index is -0.282. The van der Waals surface area contributed by atoms with Crippen LogP contribution in [0.4, 0.5) is 4.39 Å². The fraction of sp³-hybridized carbons (Fsp3) is 0.364. The van der Waals surface area contributed by atoms with Crippen molar-refractivity contribution in [2.24, 2.45) is 5.92 Å².